The molecule has 0 spiro atoms. The minimum atomic E-state index is -1.39. The summed E-state index contributed by atoms with van der Waals surface area (Å²) in [6.07, 6.45) is 10.9. The monoisotopic (exact) mass is 600 g/mol. The standard InChI is InChI=1S/C35H52O8/c1-22(10-7-11-23(2)13-9-15-25(4)17-19-31(37)38)12-8-14-24(3)16-18-28-20-30(26(5)27(6)32(28)39)43-35-34(41)33(40)29(36)21-42-35/h11-12,15-16,20,29,33-36,39-41H,7-10,13-14,17-19,21H2,1-6H3,(H,37,38)/b22-12+,23-11+,24-16?,25-15+/t29-,33+,34-,35+/m1/s1. The Morgan fingerprint density at radius 1 is 0.814 bits per heavy atom. The zero-order chi connectivity index (χ0) is 32.1. The molecule has 1 fully saturated rings. The zero-order valence-corrected chi connectivity index (χ0v) is 26.7. The second-order valence-electron chi connectivity index (χ2n) is 11.9. The van der Waals surface area contributed by atoms with Crippen LogP contribution in [0.25, 0.3) is 0 Å². The number of aromatic hydroxyl groups is 1. The van der Waals surface area contributed by atoms with Crippen molar-refractivity contribution < 1.29 is 39.8 Å². The van der Waals surface area contributed by atoms with E-state index in [1.165, 1.54) is 16.7 Å². The topological polar surface area (TPSA) is 137 Å². The second kappa shape index (κ2) is 18.0. The molecule has 0 unspecified atom stereocenters. The summed E-state index contributed by atoms with van der Waals surface area (Å²) in [6.45, 7) is 11.9. The van der Waals surface area contributed by atoms with Gasteiger partial charge in [0.1, 0.15) is 29.8 Å². The molecular weight excluding hydrogens is 548 g/mol. The minimum Gasteiger partial charge on any atom is -0.507 e. The molecular formula is C35H52O8. The van der Waals surface area contributed by atoms with E-state index in [-0.39, 0.29) is 18.8 Å². The quantitative estimate of drug-likeness (QED) is 0.138. The van der Waals surface area contributed by atoms with E-state index in [9.17, 15) is 25.2 Å². The van der Waals surface area contributed by atoms with E-state index >= 15 is 0 Å². The summed E-state index contributed by atoms with van der Waals surface area (Å²) in [7, 11) is 0. The van der Waals surface area contributed by atoms with Crippen LogP contribution in [0.15, 0.2) is 52.7 Å². The number of carbonyl (C=O) groups is 1. The lowest BCUT2D eigenvalue weighted by Gasteiger charge is -2.35. The van der Waals surface area contributed by atoms with Crippen LogP contribution in [0.2, 0.25) is 0 Å². The van der Waals surface area contributed by atoms with Crippen molar-refractivity contribution >= 4 is 5.97 Å². The number of ether oxygens (including phenoxy) is 2. The first kappa shape index (κ1) is 36.3. The van der Waals surface area contributed by atoms with Crippen molar-refractivity contribution in [3.8, 4) is 11.5 Å². The highest BCUT2D eigenvalue weighted by atomic mass is 16.7. The molecule has 240 valence electrons. The van der Waals surface area contributed by atoms with Crippen molar-refractivity contribution in [2.24, 2.45) is 0 Å². The first-order valence-corrected chi connectivity index (χ1v) is 15.3. The molecule has 8 heteroatoms. The van der Waals surface area contributed by atoms with E-state index in [2.05, 4.69) is 45.1 Å². The van der Waals surface area contributed by atoms with Crippen LogP contribution in [-0.4, -0.2) is 62.7 Å². The average molecular weight is 601 g/mol. The van der Waals surface area contributed by atoms with Crippen molar-refractivity contribution in [1.82, 2.24) is 0 Å². The van der Waals surface area contributed by atoms with Gasteiger partial charge in [-0.15, -0.1) is 0 Å². The first-order chi connectivity index (χ1) is 20.3. The minimum absolute atomic E-state index is 0.144. The van der Waals surface area contributed by atoms with Gasteiger partial charge in [-0.3, -0.25) is 4.79 Å². The number of phenols is 1. The van der Waals surface area contributed by atoms with Gasteiger partial charge >= 0.3 is 5.97 Å². The molecule has 1 aromatic rings. The Morgan fingerprint density at radius 2 is 1.33 bits per heavy atom. The summed E-state index contributed by atoms with van der Waals surface area (Å²) in [5.74, 6) is -0.0942. The third-order valence-electron chi connectivity index (χ3n) is 8.09. The van der Waals surface area contributed by atoms with E-state index in [4.69, 9.17) is 14.6 Å². The first-order valence-electron chi connectivity index (χ1n) is 15.3. The van der Waals surface area contributed by atoms with Crippen LogP contribution in [0, 0.1) is 13.8 Å². The summed E-state index contributed by atoms with van der Waals surface area (Å²) >= 11 is 0. The summed E-state index contributed by atoms with van der Waals surface area (Å²) in [6, 6.07) is 1.74. The Balaban J connectivity index is 1.85. The molecule has 1 aliphatic rings. The van der Waals surface area contributed by atoms with Crippen molar-refractivity contribution in [1.29, 1.82) is 0 Å². The number of carboxylic acids is 1. The number of carboxylic acid groups (broad SMARTS) is 1. The van der Waals surface area contributed by atoms with Crippen molar-refractivity contribution in [3.05, 3.63) is 69.4 Å². The molecule has 0 amide bonds. The fraction of sp³-hybridized carbons (Fsp3) is 0.571. The van der Waals surface area contributed by atoms with Crippen molar-refractivity contribution in [2.75, 3.05) is 6.61 Å². The molecule has 1 saturated heterocycles. The normalized spacial score (nSPS) is 22.2. The van der Waals surface area contributed by atoms with Gasteiger partial charge in [0.25, 0.3) is 0 Å². The number of aliphatic carboxylic acids is 1. The second-order valence-corrected chi connectivity index (χ2v) is 11.9. The molecule has 0 aromatic heterocycles. The Bertz CT molecular complexity index is 1190. The van der Waals surface area contributed by atoms with E-state index in [0.29, 0.717) is 35.3 Å². The lowest BCUT2D eigenvalue weighted by molar-refractivity contribution is -0.242. The Hall–Kier alpha value is -2.91. The number of hydrogen-bond acceptors (Lipinski definition) is 7. The lowest BCUT2D eigenvalue weighted by atomic mass is 9.99. The third kappa shape index (κ3) is 12.3. The smallest absolute Gasteiger partial charge is 0.303 e. The predicted octanol–water partition coefficient (Wildman–Crippen LogP) is 6.36. The highest BCUT2D eigenvalue weighted by Gasteiger charge is 2.39. The molecule has 8 nitrogen and oxygen atoms in total. The van der Waals surface area contributed by atoms with Gasteiger partial charge in [-0.05, 0) is 110 Å². The van der Waals surface area contributed by atoms with Crippen LogP contribution in [0.5, 0.6) is 11.5 Å². The summed E-state index contributed by atoms with van der Waals surface area (Å²) in [4.78, 5) is 10.7. The highest BCUT2D eigenvalue weighted by molar-refractivity contribution is 5.67. The molecule has 4 atom stereocenters. The van der Waals surface area contributed by atoms with E-state index in [1.807, 2.05) is 20.8 Å². The molecule has 43 heavy (non-hydrogen) atoms. The number of allylic oxidation sites excluding steroid dienone is 8. The summed E-state index contributed by atoms with van der Waals surface area (Å²) in [5, 5.41) is 49.5. The van der Waals surface area contributed by atoms with Crippen molar-refractivity contribution in [3.63, 3.8) is 0 Å². The van der Waals surface area contributed by atoms with Crippen LogP contribution in [0.1, 0.15) is 95.8 Å². The van der Waals surface area contributed by atoms with Crippen LogP contribution < -0.4 is 4.74 Å². The Labute approximate surface area is 257 Å². The Morgan fingerprint density at radius 3 is 1.86 bits per heavy atom. The van der Waals surface area contributed by atoms with Gasteiger partial charge in [0.2, 0.25) is 6.29 Å². The fourth-order valence-electron chi connectivity index (χ4n) is 4.86. The van der Waals surface area contributed by atoms with E-state index < -0.39 is 30.6 Å². The van der Waals surface area contributed by atoms with Crippen molar-refractivity contribution in [2.45, 2.75) is 124 Å². The molecule has 0 aliphatic carbocycles. The van der Waals surface area contributed by atoms with E-state index in [1.54, 1.807) is 6.07 Å². The average Bonchev–Trinajstić information content (AvgIpc) is 2.95. The third-order valence-corrected chi connectivity index (χ3v) is 8.09. The lowest BCUT2D eigenvalue weighted by Crippen LogP contribution is -2.54. The van der Waals surface area contributed by atoms with Crippen LogP contribution in [0.4, 0.5) is 0 Å². The maximum Gasteiger partial charge on any atom is 0.303 e. The molecule has 1 aliphatic heterocycles. The van der Waals surface area contributed by atoms with Gasteiger partial charge in [0, 0.05) is 12.0 Å². The number of aliphatic hydroxyl groups excluding tert-OH is 3. The molecule has 2 rings (SSSR count). The van der Waals surface area contributed by atoms with Gasteiger partial charge in [-0.1, -0.05) is 46.6 Å². The largest absolute Gasteiger partial charge is 0.507 e. The van der Waals surface area contributed by atoms with Gasteiger partial charge in [0.15, 0.2) is 0 Å². The maximum atomic E-state index is 10.8. The maximum absolute atomic E-state index is 10.8. The molecule has 5 N–H and O–H groups in total. The predicted molar refractivity (Wildman–Crippen MR) is 169 cm³/mol. The molecule has 1 aromatic carbocycles. The van der Waals surface area contributed by atoms with E-state index in [0.717, 1.165) is 44.1 Å². The molecule has 0 bridgehead atoms. The van der Waals surface area contributed by atoms with Gasteiger partial charge in [-0.2, -0.15) is 0 Å². The number of benzene rings is 1. The van der Waals surface area contributed by atoms with Gasteiger partial charge < -0.3 is 35.0 Å². The molecule has 0 radical (unpaired) electrons. The SMILES string of the molecule is CC(=CCc1cc(O[C@@H]2OC[C@@H](O)[C@H](O)[C@H]2O)c(C)c(C)c1O)CC/C=C(\C)CC/C=C(\C)CC/C=C(\C)CCC(=O)O. The fourth-order valence-corrected chi connectivity index (χ4v) is 4.86. The Kier molecular flexibility index (Phi) is 15.2. The molecule has 1 heterocycles. The highest BCUT2D eigenvalue weighted by Crippen LogP contribution is 2.35. The van der Waals surface area contributed by atoms with Crippen LogP contribution in [-0.2, 0) is 16.0 Å². The number of rotatable bonds is 16. The number of aliphatic hydroxyl groups is 3. The van der Waals surface area contributed by atoms with Gasteiger partial charge in [0.05, 0.1) is 6.61 Å². The number of phenolic OH excluding ortho intramolecular Hbond substituents is 1. The van der Waals surface area contributed by atoms with Crippen LogP contribution in [0.3, 0.4) is 0 Å². The number of hydrogen-bond donors (Lipinski definition) is 5. The van der Waals surface area contributed by atoms with Gasteiger partial charge in [-0.25, -0.2) is 0 Å². The molecule has 0 saturated carbocycles. The summed E-state index contributed by atoms with van der Waals surface area (Å²) < 4.78 is 11.3. The summed E-state index contributed by atoms with van der Waals surface area (Å²) in [5.41, 5.74) is 7.16. The zero-order valence-electron chi connectivity index (χ0n) is 26.7. The van der Waals surface area contributed by atoms with Crippen LogP contribution >= 0.6 is 0 Å².